The molecule has 0 atom stereocenters. The van der Waals surface area contributed by atoms with Gasteiger partial charge in [-0.3, -0.25) is 4.99 Å². The van der Waals surface area contributed by atoms with Gasteiger partial charge in [-0.25, -0.2) is 0 Å². The molecule has 0 saturated heterocycles. The average molecular weight is 333 g/mol. The summed E-state index contributed by atoms with van der Waals surface area (Å²) in [5.41, 5.74) is 1.95. The van der Waals surface area contributed by atoms with Crippen LogP contribution in [-0.2, 0) is 0 Å². The van der Waals surface area contributed by atoms with Crippen molar-refractivity contribution >= 4 is 11.9 Å². The molecular formula is C23H41N. The Morgan fingerprint density at radius 1 is 0.625 bits per heavy atom. The molecule has 0 saturated carbocycles. The summed E-state index contributed by atoms with van der Waals surface area (Å²) in [5, 5.41) is 0. The summed E-state index contributed by atoms with van der Waals surface area (Å²) in [6, 6.07) is 17.6. The Morgan fingerprint density at radius 2 is 1.04 bits per heavy atom. The van der Waals surface area contributed by atoms with Gasteiger partial charge >= 0.3 is 0 Å². The second-order valence-corrected chi connectivity index (χ2v) is 2.93. The van der Waals surface area contributed by atoms with E-state index in [2.05, 4.69) is 4.99 Å². The number of rotatable bonds is 2. The van der Waals surface area contributed by atoms with Crippen molar-refractivity contribution in [3.63, 3.8) is 0 Å². The number of hydrogen-bond donors (Lipinski definition) is 0. The molecule has 1 nitrogen and oxygen atoms in total. The molecular weight excluding hydrogens is 290 g/mol. The van der Waals surface area contributed by atoms with E-state index in [0.29, 0.717) is 6.04 Å². The minimum Gasteiger partial charge on any atom is -0.256 e. The zero-order valence-corrected chi connectivity index (χ0v) is 17.7. The van der Waals surface area contributed by atoms with Crippen molar-refractivity contribution in [1.29, 1.82) is 0 Å². The number of para-hydroxylation sites is 1. The Hall–Kier alpha value is -1.89. The summed E-state index contributed by atoms with van der Waals surface area (Å²) in [7, 11) is 0. The molecule has 0 aromatic heterocycles. The molecule has 0 unspecified atom stereocenters. The summed E-state index contributed by atoms with van der Waals surface area (Å²) in [5.74, 6) is 0. The predicted octanol–water partition coefficient (Wildman–Crippen LogP) is 8.57. The summed E-state index contributed by atoms with van der Waals surface area (Å²) in [6.45, 7) is 20.0. The Labute approximate surface area is 154 Å². The fraction of sp³-hybridized carbons (Fsp3) is 0.435. The maximum atomic E-state index is 7.34. The first kappa shape index (κ1) is 27.0. The molecule has 138 valence electrons. The molecule has 2 rings (SSSR count). The first-order chi connectivity index (χ1) is 12.3. The van der Waals surface area contributed by atoms with Gasteiger partial charge in [0.15, 0.2) is 0 Å². The van der Waals surface area contributed by atoms with Crippen LogP contribution in [0.2, 0.25) is 0 Å². The van der Waals surface area contributed by atoms with Crippen LogP contribution in [0.4, 0.5) is 5.69 Å². The number of nitrogens with zero attached hydrogens (tertiary/aromatic N) is 1. The van der Waals surface area contributed by atoms with Crippen molar-refractivity contribution in [3.8, 4) is 0 Å². The Kier molecular flexibility index (Phi) is 37.0. The molecule has 0 aliphatic heterocycles. The van der Waals surface area contributed by atoms with Crippen molar-refractivity contribution in [3.05, 3.63) is 66.2 Å². The van der Waals surface area contributed by atoms with E-state index in [1.165, 1.54) is 0 Å². The van der Waals surface area contributed by atoms with Crippen LogP contribution < -0.4 is 0 Å². The SMILES string of the molecule is CC.CC.CC.CC.CC.[2H]c1ccc(C=Nc2ccccc2)cc1. The van der Waals surface area contributed by atoms with E-state index in [9.17, 15) is 0 Å². The number of aliphatic imine (C=N–C) groups is 1. The maximum Gasteiger partial charge on any atom is 0.0629 e. The van der Waals surface area contributed by atoms with Crippen molar-refractivity contribution in [1.82, 2.24) is 0 Å². The minimum absolute atomic E-state index is 0.520. The van der Waals surface area contributed by atoms with E-state index in [-0.39, 0.29) is 0 Å². The van der Waals surface area contributed by atoms with Crippen LogP contribution in [0.25, 0.3) is 0 Å². The Morgan fingerprint density at radius 3 is 1.46 bits per heavy atom. The quantitative estimate of drug-likeness (QED) is 0.488. The highest BCUT2D eigenvalue weighted by Gasteiger charge is 1.85. The second kappa shape index (κ2) is 32.9. The molecule has 2 aromatic carbocycles. The third kappa shape index (κ3) is 20.1. The highest BCUT2D eigenvalue weighted by molar-refractivity contribution is 5.81. The highest BCUT2D eigenvalue weighted by Crippen LogP contribution is 2.09. The van der Waals surface area contributed by atoms with Gasteiger partial charge in [-0.2, -0.15) is 0 Å². The molecule has 0 heterocycles. The van der Waals surface area contributed by atoms with Gasteiger partial charge in [0.1, 0.15) is 0 Å². The molecule has 0 N–H and O–H groups in total. The first-order valence-corrected chi connectivity index (χ1v) is 9.50. The Bertz CT molecular complexity index is 447. The minimum atomic E-state index is 0.520. The van der Waals surface area contributed by atoms with Gasteiger partial charge in [0.05, 0.1) is 7.06 Å². The number of benzene rings is 2. The molecule has 0 fully saturated rings. The zero-order valence-electron chi connectivity index (χ0n) is 18.7. The first-order valence-electron chi connectivity index (χ1n) is 10.0. The standard InChI is InChI=1S/C13H11N.5C2H6/c1-3-7-12(8-4-1)11-14-13-9-5-2-6-10-13;5*1-2/h1-11H;5*1-2H3/i1D;;;;;. The van der Waals surface area contributed by atoms with Crippen molar-refractivity contribution in [2.75, 3.05) is 0 Å². The van der Waals surface area contributed by atoms with E-state index in [1.54, 1.807) is 18.3 Å². The normalized spacial score (nSPS) is 8.00. The van der Waals surface area contributed by atoms with Crippen LogP contribution in [0, 0.1) is 0 Å². The van der Waals surface area contributed by atoms with Gasteiger partial charge in [-0.1, -0.05) is 118 Å². The van der Waals surface area contributed by atoms with E-state index in [1.807, 2.05) is 112 Å². The molecule has 0 aliphatic carbocycles. The molecule has 0 amide bonds. The largest absolute Gasteiger partial charge is 0.256 e. The zero-order chi connectivity index (χ0) is 20.5. The monoisotopic (exact) mass is 332 g/mol. The number of hydrogen-bond acceptors (Lipinski definition) is 1. The molecule has 24 heavy (non-hydrogen) atoms. The van der Waals surface area contributed by atoms with Gasteiger partial charge in [0.2, 0.25) is 0 Å². The lowest BCUT2D eigenvalue weighted by molar-refractivity contribution is 1.50. The molecule has 2 aromatic rings. The Balaban J connectivity index is -0.000000191. The lowest BCUT2D eigenvalue weighted by atomic mass is 10.2. The fourth-order valence-corrected chi connectivity index (χ4v) is 1.15. The topological polar surface area (TPSA) is 12.4 Å². The van der Waals surface area contributed by atoms with E-state index in [4.69, 9.17) is 1.37 Å². The van der Waals surface area contributed by atoms with E-state index < -0.39 is 0 Å². The van der Waals surface area contributed by atoms with E-state index in [0.717, 1.165) is 11.3 Å². The summed E-state index contributed by atoms with van der Waals surface area (Å²) < 4.78 is 7.34. The van der Waals surface area contributed by atoms with Gasteiger partial charge in [-0.15, -0.1) is 0 Å². The lowest BCUT2D eigenvalue weighted by Gasteiger charge is -1.92. The second-order valence-electron chi connectivity index (χ2n) is 2.93. The summed E-state index contributed by atoms with van der Waals surface area (Å²) >= 11 is 0. The predicted molar refractivity (Wildman–Crippen MR) is 117 cm³/mol. The fourth-order valence-electron chi connectivity index (χ4n) is 1.15. The molecule has 0 radical (unpaired) electrons. The van der Waals surface area contributed by atoms with E-state index >= 15 is 0 Å². The van der Waals surface area contributed by atoms with Crippen LogP contribution in [-0.4, -0.2) is 6.21 Å². The average Bonchev–Trinajstić information content (AvgIpc) is 2.76. The van der Waals surface area contributed by atoms with Crippen LogP contribution >= 0.6 is 0 Å². The van der Waals surface area contributed by atoms with Crippen LogP contribution in [0.15, 0.2) is 65.6 Å². The third-order valence-electron chi connectivity index (χ3n) is 1.86. The molecule has 0 bridgehead atoms. The van der Waals surface area contributed by atoms with Crippen LogP contribution in [0.5, 0.6) is 0 Å². The molecule has 1 heteroatoms. The third-order valence-corrected chi connectivity index (χ3v) is 1.86. The van der Waals surface area contributed by atoms with Gasteiger partial charge < -0.3 is 0 Å². The maximum absolute atomic E-state index is 7.34. The van der Waals surface area contributed by atoms with Crippen molar-refractivity contribution in [2.45, 2.75) is 69.2 Å². The van der Waals surface area contributed by atoms with Crippen molar-refractivity contribution < 1.29 is 1.37 Å². The van der Waals surface area contributed by atoms with Crippen LogP contribution in [0.1, 0.15) is 76.2 Å². The van der Waals surface area contributed by atoms with Gasteiger partial charge in [0.25, 0.3) is 0 Å². The highest BCUT2D eigenvalue weighted by atomic mass is 14.7. The molecule has 0 spiro atoms. The lowest BCUT2D eigenvalue weighted by Crippen LogP contribution is -1.77. The van der Waals surface area contributed by atoms with Gasteiger partial charge in [-0.05, 0) is 17.7 Å². The van der Waals surface area contributed by atoms with Crippen LogP contribution in [0.3, 0.4) is 0 Å². The summed E-state index contributed by atoms with van der Waals surface area (Å²) in [4.78, 5) is 4.32. The smallest absolute Gasteiger partial charge is 0.0629 e. The molecule has 0 aliphatic rings. The van der Waals surface area contributed by atoms with Gasteiger partial charge in [0, 0.05) is 6.21 Å². The summed E-state index contributed by atoms with van der Waals surface area (Å²) in [6.07, 6.45) is 1.80. The van der Waals surface area contributed by atoms with Crippen molar-refractivity contribution in [2.24, 2.45) is 4.99 Å².